The maximum Gasteiger partial charge on any atom is 0.322 e. The summed E-state index contributed by atoms with van der Waals surface area (Å²) in [6.45, 7) is 3.95. The van der Waals surface area contributed by atoms with Crippen molar-refractivity contribution in [3.8, 4) is 5.75 Å². The summed E-state index contributed by atoms with van der Waals surface area (Å²) in [5.41, 5.74) is 0. The Morgan fingerprint density at radius 2 is 2.00 bits per heavy atom. The summed E-state index contributed by atoms with van der Waals surface area (Å²) >= 11 is 4.95. The molecule has 1 unspecified atom stereocenters. The zero-order valence-electron chi connectivity index (χ0n) is 9.30. The lowest BCUT2D eigenvalue weighted by molar-refractivity contribution is -0.136. The molecule has 0 spiro atoms. The second-order valence-corrected chi connectivity index (χ2v) is 3.61. The largest absolute Gasteiger partial charge is 0.486 e. The van der Waals surface area contributed by atoms with Gasteiger partial charge >= 0.3 is 5.97 Å². The first-order valence-electron chi connectivity index (χ1n) is 5.08. The summed E-state index contributed by atoms with van der Waals surface area (Å²) in [4.78, 5) is 11.6. The number of carbonyl (C=O) groups is 1. The maximum absolute atomic E-state index is 11.6. The minimum atomic E-state index is -0.532. The van der Waals surface area contributed by atoms with Gasteiger partial charge in [0.15, 0.2) is 5.05 Å². The van der Waals surface area contributed by atoms with E-state index in [1.165, 1.54) is 0 Å². The van der Waals surface area contributed by atoms with E-state index < -0.39 is 11.9 Å². The van der Waals surface area contributed by atoms with E-state index >= 15 is 0 Å². The van der Waals surface area contributed by atoms with Crippen molar-refractivity contribution in [1.29, 1.82) is 0 Å². The van der Waals surface area contributed by atoms with E-state index in [1.807, 2.05) is 13.0 Å². The van der Waals surface area contributed by atoms with Crippen LogP contribution < -0.4 is 4.74 Å². The lowest BCUT2D eigenvalue weighted by Crippen LogP contribution is -2.26. The number of para-hydroxylation sites is 1. The van der Waals surface area contributed by atoms with Gasteiger partial charge < -0.3 is 9.47 Å². The van der Waals surface area contributed by atoms with Crippen molar-refractivity contribution >= 4 is 23.2 Å². The van der Waals surface area contributed by atoms with Crippen molar-refractivity contribution < 1.29 is 14.3 Å². The van der Waals surface area contributed by atoms with Crippen molar-refractivity contribution in [3.05, 3.63) is 30.3 Å². The van der Waals surface area contributed by atoms with Crippen molar-refractivity contribution in [1.82, 2.24) is 0 Å². The molecule has 0 N–H and O–H groups in total. The van der Waals surface area contributed by atoms with Crippen molar-refractivity contribution in [2.75, 3.05) is 6.61 Å². The Hall–Kier alpha value is -1.42. The third kappa shape index (κ3) is 3.62. The second kappa shape index (κ2) is 6.23. The second-order valence-electron chi connectivity index (χ2n) is 3.21. The van der Waals surface area contributed by atoms with E-state index in [4.69, 9.17) is 21.7 Å². The molecule has 1 aromatic carbocycles. The van der Waals surface area contributed by atoms with Gasteiger partial charge in [-0.25, -0.2) is 0 Å². The van der Waals surface area contributed by atoms with Crippen molar-refractivity contribution in [3.63, 3.8) is 0 Å². The predicted octanol–water partition coefficient (Wildman–Crippen LogP) is 2.59. The standard InChI is InChI=1S/C12H14O3S/c1-3-14-12(16)9(2)11(13)15-10-7-5-4-6-8-10/h4-9H,3H2,1-2H3. The minimum absolute atomic E-state index is 0.267. The molecule has 0 saturated heterocycles. The van der Waals surface area contributed by atoms with E-state index in [0.717, 1.165) is 0 Å². The third-order valence-electron chi connectivity index (χ3n) is 1.96. The number of benzene rings is 1. The maximum atomic E-state index is 11.6. The number of esters is 1. The quantitative estimate of drug-likeness (QED) is 0.459. The van der Waals surface area contributed by atoms with Gasteiger partial charge in [-0.05, 0) is 38.2 Å². The van der Waals surface area contributed by atoms with Crippen molar-refractivity contribution in [2.24, 2.45) is 5.92 Å². The van der Waals surface area contributed by atoms with E-state index in [2.05, 4.69) is 0 Å². The molecule has 1 atom stereocenters. The molecule has 0 aliphatic rings. The number of hydrogen-bond donors (Lipinski definition) is 0. The lowest BCUT2D eigenvalue weighted by atomic mass is 10.2. The highest BCUT2D eigenvalue weighted by Gasteiger charge is 2.21. The average molecular weight is 238 g/mol. The molecule has 0 bridgehead atoms. The van der Waals surface area contributed by atoms with Crippen molar-refractivity contribution in [2.45, 2.75) is 13.8 Å². The zero-order chi connectivity index (χ0) is 12.0. The molecule has 16 heavy (non-hydrogen) atoms. The Bertz CT molecular complexity index is 362. The van der Waals surface area contributed by atoms with Gasteiger partial charge in [0.1, 0.15) is 11.7 Å². The molecule has 1 aromatic rings. The van der Waals surface area contributed by atoms with Crippen LogP contribution >= 0.6 is 12.2 Å². The van der Waals surface area contributed by atoms with Crippen LogP contribution in [0.4, 0.5) is 0 Å². The number of carbonyl (C=O) groups excluding carboxylic acids is 1. The SMILES string of the molecule is CCOC(=S)C(C)C(=O)Oc1ccccc1. The fourth-order valence-electron chi connectivity index (χ4n) is 1.06. The molecule has 0 aliphatic carbocycles. The van der Waals surface area contributed by atoms with Crippen LogP contribution in [0.25, 0.3) is 0 Å². The number of hydrogen-bond acceptors (Lipinski definition) is 4. The highest BCUT2D eigenvalue weighted by atomic mass is 32.1. The van der Waals surface area contributed by atoms with Crippen LogP contribution in [0.3, 0.4) is 0 Å². The molecule has 0 amide bonds. The summed E-state index contributed by atoms with van der Waals surface area (Å²) in [5, 5.41) is 0.267. The summed E-state index contributed by atoms with van der Waals surface area (Å²) < 4.78 is 10.2. The lowest BCUT2D eigenvalue weighted by Gasteiger charge is -2.12. The van der Waals surface area contributed by atoms with Crippen LogP contribution in [0.2, 0.25) is 0 Å². The summed E-state index contributed by atoms with van der Waals surface area (Å²) in [6, 6.07) is 8.89. The normalized spacial score (nSPS) is 11.6. The number of ether oxygens (including phenoxy) is 2. The Balaban J connectivity index is 2.56. The molecule has 3 nitrogen and oxygen atoms in total. The Kier molecular flexibility index (Phi) is 4.92. The van der Waals surface area contributed by atoms with E-state index in [1.54, 1.807) is 31.2 Å². The first-order chi connectivity index (χ1) is 7.65. The minimum Gasteiger partial charge on any atom is -0.486 e. The van der Waals surface area contributed by atoms with Gasteiger partial charge in [-0.2, -0.15) is 0 Å². The smallest absolute Gasteiger partial charge is 0.322 e. The van der Waals surface area contributed by atoms with Crippen LogP contribution in [-0.4, -0.2) is 17.6 Å². The Morgan fingerprint density at radius 3 is 2.56 bits per heavy atom. The van der Waals surface area contributed by atoms with Crippen LogP contribution in [0.15, 0.2) is 30.3 Å². The third-order valence-corrected chi connectivity index (χ3v) is 2.43. The molecule has 0 heterocycles. The molecular weight excluding hydrogens is 224 g/mol. The number of thiocarbonyl (C=S) groups is 1. The fraction of sp³-hybridized carbons (Fsp3) is 0.333. The summed E-state index contributed by atoms with van der Waals surface area (Å²) in [5.74, 6) is -0.418. The van der Waals surface area contributed by atoms with Gasteiger partial charge in [-0.15, -0.1) is 0 Å². The molecule has 0 aliphatic heterocycles. The van der Waals surface area contributed by atoms with E-state index in [0.29, 0.717) is 12.4 Å². The first kappa shape index (κ1) is 12.6. The number of rotatable bonds is 4. The van der Waals surface area contributed by atoms with Crippen LogP contribution in [0.5, 0.6) is 5.75 Å². The van der Waals surface area contributed by atoms with Crippen LogP contribution in [-0.2, 0) is 9.53 Å². The Morgan fingerprint density at radius 1 is 1.38 bits per heavy atom. The fourth-order valence-corrected chi connectivity index (χ4v) is 1.27. The summed E-state index contributed by atoms with van der Waals surface area (Å²) in [6.07, 6.45) is 0. The first-order valence-corrected chi connectivity index (χ1v) is 5.49. The zero-order valence-corrected chi connectivity index (χ0v) is 10.1. The van der Waals surface area contributed by atoms with E-state index in [-0.39, 0.29) is 5.05 Å². The molecule has 86 valence electrons. The molecule has 1 rings (SSSR count). The summed E-state index contributed by atoms with van der Waals surface area (Å²) in [7, 11) is 0. The highest BCUT2D eigenvalue weighted by molar-refractivity contribution is 7.80. The van der Waals surface area contributed by atoms with Crippen LogP contribution in [0.1, 0.15) is 13.8 Å². The van der Waals surface area contributed by atoms with Gasteiger partial charge in [0.25, 0.3) is 0 Å². The van der Waals surface area contributed by atoms with E-state index in [9.17, 15) is 4.79 Å². The molecule has 0 fully saturated rings. The topological polar surface area (TPSA) is 35.5 Å². The van der Waals surface area contributed by atoms with Crippen LogP contribution in [0, 0.1) is 5.92 Å². The average Bonchev–Trinajstić information content (AvgIpc) is 2.29. The predicted molar refractivity (Wildman–Crippen MR) is 65.5 cm³/mol. The van der Waals surface area contributed by atoms with Gasteiger partial charge in [0.05, 0.1) is 6.61 Å². The van der Waals surface area contributed by atoms with Gasteiger partial charge in [-0.1, -0.05) is 18.2 Å². The molecule has 4 heteroatoms. The molecular formula is C12H14O3S. The monoisotopic (exact) mass is 238 g/mol. The van der Waals surface area contributed by atoms with Gasteiger partial charge in [0, 0.05) is 0 Å². The highest BCUT2D eigenvalue weighted by Crippen LogP contribution is 2.12. The molecule has 0 radical (unpaired) electrons. The molecule has 0 saturated carbocycles. The Labute approximate surface area is 100 Å². The van der Waals surface area contributed by atoms with Gasteiger partial charge in [-0.3, -0.25) is 4.79 Å². The molecule has 0 aromatic heterocycles. The van der Waals surface area contributed by atoms with Gasteiger partial charge in [0.2, 0.25) is 0 Å².